The first-order valence-corrected chi connectivity index (χ1v) is 16.1. The van der Waals surface area contributed by atoms with Crippen LogP contribution in [-0.2, 0) is 45.6 Å². The van der Waals surface area contributed by atoms with E-state index in [9.17, 15) is 9.12 Å². The fraction of sp³-hybridized carbons (Fsp3) is 0.571. The van der Waals surface area contributed by atoms with E-state index in [1.54, 1.807) is 0 Å². The molecule has 1 aromatic rings. The zero-order valence-electron chi connectivity index (χ0n) is 16.4. The van der Waals surface area contributed by atoms with Crippen LogP contribution in [0.15, 0.2) is 12.1 Å². The van der Waals surface area contributed by atoms with Gasteiger partial charge in [0.05, 0.1) is 15.1 Å². The van der Waals surface area contributed by atoms with Crippen LogP contribution < -0.4 is 4.52 Å². The van der Waals surface area contributed by atoms with Crippen molar-refractivity contribution in [1.29, 1.82) is 0 Å². The molecular formula is C14H23Cl3O7P2S3. The summed E-state index contributed by atoms with van der Waals surface area (Å²) in [6.07, 6.45) is 0. The molecule has 1 unspecified atom stereocenters. The first kappa shape index (κ1) is 30.3. The standard InChI is InChI=1S/C8H8Cl3O3PS.C6H15O4PS2/c1-12-15(16,13-2)14-8-4-6(10)5(9)3-7(8)11;1-4-13(8)6-5-12-11(7,9-2)10-3/h3-4H,1-2H3;4-6H2,1-3H3. The molecule has 0 N–H and O–H groups in total. The van der Waals surface area contributed by atoms with Crippen molar-refractivity contribution >= 4 is 82.7 Å². The minimum absolute atomic E-state index is 0.281. The molecule has 0 amide bonds. The molecule has 0 saturated carbocycles. The van der Waals surface area contributed by atoms with E-state index >= 15 is 0 Å². The molecule has 1 aromatic carbocycles. The largest absolute Gasteiger partial charge is 0.616 e. The molecule has 0 saturated heterocycles. The van der Waals surface area contributed by atoms with Gasteiger partial charge in [-0.2, -0.15) is 0 Å². The number of rotatable bonds is 11. The zero-order chi connectivity index (χ0) is 22.7. The highest BCUT2D eigenvalue weighted by Gasteiger charge is 2.22. The van der Waals surface area contributed by atoms with Gasteiger partial charge in [-0.05, 0) is 24.4 Å². The lowest BCUT2D eigenvalue weighted by Gasteiger charge is -2.19. The topological polar surface area (TPSA) is 86.3 Å². The van der Waals surface area contributed by atoms with Gasteiger partial charge in [-0.3, -0.25) is 0 Å². The predicted octanol–water partition coefficient (Wildman–Crippen LogP) is 6.43. The van der Waals surface area contributed by atoms with Gasteiger partial charge in [0.2, 0.25) is 0 Å². The average molecular weight is 568 g/mol. The maximum atomic E-state index is 11.4. The summed E-state index contributed by atoms with van der Waals surface area (Å²) in [5.41, 5.74) is 0. The van der Waals surface area contributed by atoms with Gasteiger partial charge in [-0.25, -0.2) is 4.57 Å². The molecule has 0 heterocycles. The van der Waals surface area contributed by atoms with Gasteiger partial charge in [0.25, 0.3) is 0 Å². The molecule has 0 radical (unpaired) electrons. The Morgan fingerprint density at radius 1 is 1.03 bits per heavy atom. The molecule has 29 heavy (non-hydrogen) atoms. The van der Waals surface area contributed by atoms with Gasteiger partial charge in [-0.1, -0.05) is 46.0 Å². The van der Waals surface area contributed by atoms with Crippen LogP contribution in [0.1, 0.15) is 6.92 Å². The summed E-state index contributed by atoms with van der Waals surface area (Å²) >= 11 is 22.8. The highest BCUT2D eigenvalue weighted by atomic mass is 35.5. The second-order valence-electron chi connectivity index (χ2n) is 4.68. The molecule has 0 aromatic heterocycles. The maximum absolute atomic E-state index is 11.4. The monoisotopic (exact) mass is 566 g/mol. The van der Waals surface area contributed by atoms with Gasteiger partial charge >= 0.3 is 13.5 Å². The van der Waals surface area contributed by atoms with Crippen molar-refractivity contribution in [2.24, 2.45) is 0 Å². The maximum Gasteiger partial charge on any atom is 0.388 e. The quantitative estimate of drug-likeness (QED) is 0.170. The Morgan fingerprint density at radius 3 is 2.00 bits per heavy atom. The smallest absolute Gasteiger partial charge is 0.388 e. The van der Waals surface area contributed by atoms with Crippen molar-refractivity contribution in [3.63, 3.8) is 0 Å². The van der Waals surface area contributed by atoms with Crippen LogP contribution in [0, 0.1) is 0 Å². The average Bonchev–Trinajstić information content (AvgIpc) is 2.72. The summed E-state index contributed by atoms with van der Waals surface area (Å²) in [6.45, 7) is -3.93. The minimum atomic E-state index is -2.97. The molecule has 0 bridgehead atoms. The second-order valence-corrected chi connectivity index (χ2v) is 15.3. The fourth-order valence-corrected chi connectivity index (χ4v) is 6.86. The first-order chi connectivity index (χ1) is 13.5. The summed E-state index contributed by atoms with van der Waals surface area (Å²) in [4.78, 5) is 0. The SMILES string of the molecule is CC[S+]([O-])CCSP(=O)(OC)OC.COP(=S)(OC)Oc1cc(Cl)c(Cl)cc1Cl. The molecule has 0 aliphatic heterocycles. The van der Waals surface area contributed by atoms with Crippen molar-refractivity contribution in [2.75, 3.05) is 45.7 Å². The molecule has 170 valence electrons. The Bertz CT molecular complexity index is 714. The number of hydrogen-bond donors (Lipinski definition) is 0. The van der Waals surface area contributed by atoms with E-state index in [4.69, 9.17) is 69.2 Å². The summed E-state index contributed by atoms with van der Waals surface area (Å²) in [5, 5.41) is 0.940. The first-order valence-electron chi connectivity index (χ1n) is 7.76. The van der Waals surface area contributed by atoms with Gasteiger partial charge in [0.1, 0.15) is 17.3 Å². The van der Waals surface area contributed by atoms with E-state index in [0.717, 1.165) is 11.4 Å². The second kappa shape index (κ2) is 15.2. The van der Waals surface area contributed by atoms with Crippen LogP contribution in [0.25, 0.3) is 0 Å². The Kier molecular flexibility index (Phi) is 15.8. The minimum Gasteiger partial charge on any atom is -0.616 e. The number of halogens is 3. The van der Waals surface area contributed by atoms with E-state index in [1.165, 1.54) is 40.6 Å². The zero-order valence-corrected chi connectivity index (χ0v) is 22.9. The van der Waals surface area contributed by atoms with Crippen LogP contribution in [0.5, 0.6) is 5.75 Å². The third kappa shape index (κ3) is 11.6. The predicted molar refractivity (Wildman–Crippen MR) is 128 cm³/mol. The Balaban J connectivity index is 0.000000555. The third-order valence-electron chi connectivity index (χ3n) is 2.96. The lowest BCUT2D eigenvalue weighted by molar-refractivity contribution is 0.273. The van der Waals surface area contributed by atoms with Gasteiger partial charge in [0, 0.05) is 52.1 Å². The molecule has 0 aliphatic carbocycles. The van der Waals surface area contributed by atoms with Crippen molar-refractivity contribution in [3.8, 4) is 5.75 Å². The van der Waals surface area contributed by atoms with E-state index in [-0.39, 0.29) is 10.8 Å². The number of hydrogen-bond acceptors (Lipinski definition) is 9. The van der Waals surface area contributed by atoms with E-state index in [0.29, 0.717) is 27.3 Å². The van der Waals surface area contributed by atoms with Crippen molar-refractivity contribution in [1.82, 2.24) is 0 Å². The van der Waals surface area contributed by atoms with E-state index in [1.807, 2.05) is 6.92 Å². The lowest BCUT2D eigenvalue weighted by atomic mass is 10.3. The van der Waals surface area contributed by atoms with Crippen LogP contribution in [0.3, 0.4) is 0 Å². The van der Waals surface area contributed by atoms with Crippen molar-refractivity contribution in [3.05, 3.63) is 27.2 Å². The number of benzene rings is 1. The Labute approximate surface area is 199 Å². The highest BCUT2D eigenvalue weighted by Crippen LogP contribution is 2.59. The molecular weight excluding hydrogens is 545 g/mol. The normalized spacial score (nSPS) is 12.9. The summed E-state index contributed by atoms with van der Waals surface area (Å²) in [6, 6.07) is 2.93. The molecule has 15 heteroatoms. The van der Waals surface area contributed by atoms with Gasteiger partial charge in [0.15, 0.2) is 0 Å². The van der Waals surface area contributed by atoms with Gasteiger partial charge < -0.3 is 27.2 Å². The Hall–Kier alpha value is 1.27. The van der Waals surface area contributed by atoms with E-state index in [2.05, 4.69) is 0 Å². The van der Waals surface area contributed by atoms with Crippen LogP contribution in [-0.4, -0.2) is 50.3 Å². The van der Waals surface area contributed by atoms with Crippen molar-refractivity contribution in [2.45, 2.75) is 6.92 Å². The molecule has 0 aliphatic rings. The molecule has 1 rings (SSSR count). The Morgan fingerprint density at radius 2 is 1.55 bits per heavy atom. The molecule has 1 atom stereocenters. The molecule has 0 spiro atoms. The summed E-state index contributed by atoms with van der Waals surface area (Å²) in [7, 11) is 5.48. The molecule has 0 fully saturated rings. The lowest BCUT2D eigenvalue weighted by Crippen LogP contribution is -2.10. The van der Waals surface area contributed by atoms with E-state index < -0.39 is 24.7 Å². The molecule has 7 nitrogen and oxygen atoms in total. The summed E-state index contributed by atoms with van der Waals surface area (Å²) in [5.74, 6) is 1.96. The third-order valence-corrected chi connectivity index (χ3v) is 12.0. The highest BCUT2D eigenvalue weighted by molar-refractivity contribution is 8.55. The van der Waals surface area contributed by atoms with Crippen LogP contribution in [0.2, 0.25) is 15.1 Å². The van der Waals surface area contributed by atoms with Crippen LogP contribution >= 0.6 is 59.7 Å². The summed E-state index contributed by atoms with van der Waals surface area (Å²) < 4.78 is 47.1. The van der Waals surface area contributed by atoms with Crippen molar-refractivity contribution < 1.29 is 31.7 Å². The van der Waals surface area contributed by atoms with Crippen LogP contribution in [0.4, 0.5) is 0 Å². The fourth-order valence-electron chi connectivity index (χ4n) is 1.41. The van der Waals surface area contributed by atoms with Gasteiger partial charge in [-0.15, -0.1) is 0 Å².